The van der Waals surface area contributed by atoms with Gasteiger partial charge in [-0.15, -0.1) is 0 Å². The van der Waals surface area contributed by atoms with Crippen LogP contribution in [0.25, 0.3) is 0 Å². The van der Waals surface area contributed by atoms with E-state index in [2.05, 4.69) is 25.2 Å². The van der Waals surface area contributed by atoms with Gasteiger partial charge in [-0.1, -0.05) is 11.6 Å². The van der Waals surface area contributed by atoms with Crippen LogP contribution in [0.3, 0.4) is 0 Å². The van der Waals surface area contributed by atoms with Crippen LogP contribution in [0.1, 0.15) is 82.5 Å². The van der Waals surface area contributed by atoms with Gasteiger partial charge in [0.25, 0.3) is 11.8 Å². The molecule has 0 saturated carbocycles. The monoisotopic (exact) mass is 470 g/mol. The molecule has 0 aromatic heterocycles. The first kappa shape index (κ1) is 25.8. The molecule has 0 bridgehead atoms. The highest BCUT2D eigenvalue weighted by Gasteiger charge is 2.29. The van der Waals surface area contributed by atoms with Gasteiger partial charge in [0.05, 0.1) is 5.56 Å². The third-order valence-electron chi connectivity index (χ3n) is 6.72. The van der Waals surface area contributed by atoms with Crippen molar-refractivity contribution in [2.24, 2.45) is 0 Å². The van der Waals surface area contributed by atoms with Crippen LogP contribution < -0.4 is 10.1 Å². The number of ether oxygens (including phenoxy) is 2. The Morgan fingerprint density at radius 1 is 1.06 bits per heavy atom. The van der Waals surface area contributed by atoms with E-state index in [9.17, 15) is 14.4 Å². The third-order valence-corrected chi connectivity index (χ3v) is 6.72. The zero-order valence-electron chi connectivity index (χ0n) is 20.7. The van der Waals surface area contributed by atoms with E-state index in [0.717, 1.165) is 38.5 Å². The summed E-state index contributed by atoms with van der Waals surface area (Å²) in [6.45, 7) is 6.23. The number of hydrogen-bond donors (Lipinski definition) is 1. The quantitative estimate of drug-likeness (QED) is 0.427. The van der Waals surface area contributed by atoms with E-state index in [1.165, 1.54) is 18.4 Å². The molecular weight excluding hydrogens is 432 g/mol. The van der Waals surface area contributed by atoms with Crippen LogP contribution in [0.5, 0.6) is 5.75 Å². The second kappa shape index (κ2) is 12.6. The number of nitrogens with zero attached hydrogens (tertiary/aromatic N) is 1. The van der Waals surface area contributed by atoms with Crippen molar-refractivity contribution < 1.29 is 23.9 Å². The maximum absolute atomic E-state index is 12.6. The number of esters is 1. The molecular formula is C27H38N2O5. The minimum Gasteiger partial charge on any atom is -0.484 e. The maximum Gasteiger partial charge on any atom is 0.338 e. The summed E-state index contributed by atoms with van der Waals surface area (Å²) in [5, 5.41) is 2.84. The number of hydrogen-bond acceptors (Lipinski definition) is 5. The summed E-state index contributed by atoms with van der Waals surface area (Å²) < 4.78 is 11.0. The molecule has 1 N–H and O–H groups in total. The number of benzene rings is 1. The number of rotatable bonds is 9. The molecule has 1 saturated heterocycles. The zero-order chi connectivity index (χ0) is 24.5. The SMILES string of the molecule is C[C@H](OC(=O)c1ccc(OCC(=O)N2[C@@H](C)CCC[C@@H]2C)cc1)C(=O)NCCC1=CCCCC1. The molecule has 2 aliphatic rings. The fourth-order valence-corrected chi connectivity index (χ4v) is 4.72. The molecule has 1 aromatic carbocycles. The van der Waals surface area contributed by atoms with Crippen LogP contribution in [0.15, 0.2) is 35.9 Å². The highest BCUT2D eigenvalue weighted by Crippen LogP contribution is 2.23. The Bertz CT molecular complexity index is 870. The molecule has 2 amide bonds. The topological polar surface area (TPSA) is 84.9 Å². The first-order valence-corrected chi connectivity index (χ1v) is 12.6. The number of carbonyl (C=O) groups is 3. The number of piperidine rings is 1. The average molecular weight is 471 g/mol. The van der Waals surface area contributed by atoms with Gasteiger partial charge in [-0.3, -0.25) is 9.59 Å². The number of nitrogens with one attached hydrogen (secondary N) is 1. The van der Waals surface area contributed by atoms with Gasteiger partial charge in [0.15, 0.2) is 12.7 Å². The van der Waals surface area contributed by atoms with Crippen LogP contribution in [0.4, 0.5) is 0 Å². The van der Waals surface area contributed by atoms with Crippen LogP contribution >= 0.6 is 0 Å². The highest BCUT2D eigenvalue weighted by atomic mass is 16.5. The molecule has 1 heterocycles. The van der Waals surface area contributed by atoms with Crippen molar-refractivity contribution in [3.8, 4) is 5.75 Å². The Morgan fingerprint density at radius 3 is 2.41 bits per heavy atom. The van der Waals surface area contributed by atoms with Gasteiger partial charge >= 0.3 is 5.97 Å². The first-order valence-electron chi connectivity index (χ1n) is 12.6. The van der Waals surface area contributed by atoms with Crippen LogP contribution in [-0.2, 0) is 14.3 Å². The van der Waals surface area contributed by atoms with Crippen molar-refractivity contribution in [3.05, 3.63) is 41.5 Å². The second-order valence-corrected chi connectivity index (χ2v) is 9.44. The highest BCUT2D eigenvalue weighted by molar-refractivity contribution is 5.92. The maximum atomic E-state index is 12.6. The van der Waals surface area contributed by atoms with E-state index >= 15 is 0 Å². The molecule has 3 rings (SSSR count). The van der Waals surface area contributed by atoms with Crippen LogP contribution in [0, 0.1) is 0 Å². The second-order valence-electron chi connectivity index (χ2n) is 9.44. The van der Waals surface area contributed by atoms with Crippen molar-refractivity contribution in [2.75, 3.05) is 13.2 Å². The van der Waals surface area contributed by atoms with E-state index in [1.54, 1.807) is 31.2 Å². The van der Waals surface area contributed by atoms with Gasteiger partial charge in [-0.25, -0.2) is 4.79 Å². The van der Waals surface area contributed by atoms with Gasteiger partial charge in [0.2, 0.25) is 0 Å². The summed E-state index contributed by atoms with van der Waals surface area (Å²) >= 11 is 0. The Labute approximate surface area is 202 Å². The molecule has 0 spiro atoms. The first-order chi connectivity index (χ1) is 16.3. The van der Waals surface area contributed by atoms with Gasteiger partial charge < -0.3 is 19.7 Å². The molecule has 0 unspecified atom stereocenters. The molecule has 34 heavy (non-hydrogen) atoms. The van der Waals surface area contributed by atoms with Crippen molar-refractivity contribution in [3.63, 3.8) is 0 Å². The Balaban J connectivity index is 1.41. The lowest BCUT2D eigenvalue weighted by molar-refractivity contribution is -0.139. The Hall–Kier alpha value is -2.83. The van der Waals surface area contributed by atoms with Crippen molar-refractivity contribution >= 4 is 17.8 Å². The van der Waals surface area contributed by atoms with E-state index in [4.69, 9.17) is 9.47 Å². The van der Waals surface area contributed by atoms with E-state index in [-0.39, 0.29) is 30.5 Å². The molecule has 0 radical (unpaired) electrons. The van der Waals surface area contributed by atoms with Crippen LogP contribution in [0.2, 0.25) is 0 Å². The predicted molar refractivity (Wildman–Crippen MR) is 131 cm³/mol. The summed E-state index contributed by atoms with van der Waals surface area (Å²) in [6, 6.07) is 6.87. The number of allylic oxidation sites excluding steroid dienone is 1. The lowest BCUT2D eigenvalue weighted by Crippen LogP contribution is -2.49. The number of carbonyl (C=O) groups excluding carboxylic acids is 3. The fourth-order valence-electron chi connectivity index (χ4n) is 4.72. The Kier molecular flexibility index (Phi) is 9.54. The smallest absolute Gasteiger partial charge is 0.338 e. The predicted octanol–water partition coefficient (Wildman–Crippen LogP) is 4.41. The summed E-state index contributed by atoms with van der Waals surface area (Å²) in [7, 11) is 0. The molecule has 1 aromatic rings. The van der Waals surface area contributed by atoms with Gasteiger partial charge in [0.1, 0.15) is 5.75 Å². The Morgan fingerprint density at radius 2 is 1.76 bits per heavy atom. The van der Waals surface area contributed by atoms with Crippen LogP contribution in [-0.4, -0.2) is 54.0 Å². The average Bonchev–Trinajstić information content (AvgIpc) is 2.83. The molecule has 7 heteroatoms. The van der Waals surface area contributed by atoms with Gasteiger partial charge in [-0.2, -0.15) is 0 Å². The minimum absolute atomic E-state index is 0.0252. The summed E-state index contributed by atoms with van der Waals surface area (Å²) in [4.78, 5) is 39.2. The van der Waals surface area contributed by atoms with Crippen molar-refractivity contribution in [2.45, 2.75) is 90.3 Å². The summed E-state index contributed by atoms with van der Waals surface area (Å²) in [5.41, 5.74) is 1.71. The largest absolute Gasteiger partial charge is 0.484 e. The molecule has 1 fully saturated rings. The molecule has 186 valence electrons. The fraction of sp³-hybridized carbons (Fsp3) is 0.593. The standard InChI is InChI=1S/C27H38N2O5/c1-19-8-7-9-20(2)29(19)25(30)18-33-24-14-12-23(13-15-24)27(32)34-21(3)26(31)28-17-16-22-10-5-4-6-11-22/h10,12-15,19-21H,4-9,11,16-18H2,1-3H3,(H,28,31)/t19-,20-,21-/m0/s1. The summed E-state index contributed by atoms with van der Waals surface area (Å²) in [6.07, 6.45) is 10.1. The zero-order valence-corrected chi connectivity index (χ0v) is 20.7. The molecule has 1 aliphatic heterocycles. The lowest BCUT2D eigenvalue weighted by Gasteiger charge is -2.38. The normalized spacial score (nSPS) is 21.3. The van der Waals surface area contributed by atoms with Gasteiger partial charge in [0, 0.05) is 18.6 Å². The lowest BCUT2D eigenvalue weighted by atomic mass is 9.97. The minimum atomic E-state index is -0.880. The van der Waals surface area contributed by atoms with Crippen molar-refractivity contribution in [1.82, 2.24) is 10.2 Å². The number of amides is 2. The van der Waals surface area contributed by atoms with E-state index < -0.39 is 12.1 Å². The van der Waals surface area contributed by atoms with Crippen molar-refractivity contribution in [1.29, 1.82) is 0 Å². The number of likely N-dealkylation sites (tertiary alicyclic amines) is 1. The molecule has 3 atom stereocenters. The molecule has 1 aliphatic carbocycles. The van der Waals surface area contributed by atoms with E-state index in [1.807, 2.05) is 4.90 Å². The molecule has 7 nitrogen and oxygen atoms in total. The van der Waals surface area contributed by atoms with E-state index in [0.29, 0.717) is 17.9 Å². The summed E-state index contributed by atoms with van der Waals surface area (Å²) in [5.74, 6) is -0.395. The van der Waals surface area contributed by atoms with Gasteiger partial charge in [-0.05, 0) is 96.4 Å². The third kappa shape index (κ3) is 7.34.